The fraction of sp³-hybridized carbons (Fsp3) is 1.00. The third-order valence-electron chi connectivity index (χ3n) is 3.50. The van der Waals surface area contributed by atoms with Crippen molar-refractivity contribution in [2.75, 3.05) is 13.1 Å². The Bertz CT molecular complexity index is 173. The van der Waals surface area contributed by atoms with E-state index in [1.54, 1.807) is 6.04 Å². The number of hydrogen-bond donors (Lipinski definition) is 0. The summed E-state index contributed by atoms with van der Waals surface area (Å²) in [6.45, 7) is 10.4. The van der Waals surface area contributed by atoms with E-state index in [4.69, 9.17) is 0 Å². The SMILES string of the molecule is C[Si](C)(C)C[C@H]1C[C@H]2CCCN2C1. The predicted octanol–water partition coefficient (Wildman–Crippen LogP) is 2.81. The van der Waals surface area contributed by atoms with Gasteiger partial charge in [0.2, 0.25) is 0 Å². The van der Waals surface area contributed by atoms with E-state index in [1.165, 1.54) is 32.4 Å². The lowest BCUT2D eigenvalue weighted by atomic mass is 10.1. The molecule has 0 aromatic carbocycles. The van der Waals surface area contributed by atoms with Crippen molar-refractivity contribution < 1.29 is 0 Å². The molecule has 76 valence electrons. The Morgan fingerprint density at radius 3 is 2.69 bits per heavy atom. The first-order valence-electron chi connectivity index (χ1n) is 5.79. The summed E-state index contributed by atoms with van der Waals surface area (Å²) in [6.07, 6.45) is 4.47. The number of fused-ring (bicyclic) bond motifs is 1. The highest BCUT2D eigenvalue weighted by atomic mass is 28.3. The van der Waals surface area contributed by atoms with Gasteiger partial charge in [-0.2, -0.15) is 0 Å². The van der Waals surface area contributed by atoms with Crippen LogP contribution in [0.1, 0.15) is 19.3 Å². The lowest BCUT2D eigenvalue weighted by Gasteiger charge is -2.21. The van der Waals surface area contributed by atoms with E-state index in [1.807, 2.05) is 0 Å². The molecule has 0 aromatic heterocycles. The van der Waals surface area contributed by atoms with Gasteiger partial charge in [0.25, 0.3) is 0 Å². The summed E-state index contributed by atoms with van der Waals surface area (Å²) in [5, 5.41) is 0. The summed E-state index contributed by atoms with van der Waals surface area (Å²) < 4.78 is 0. The summed E-state index contributed by atoms with van der Waals surface area (Å²) in [7, 11) is -0.797. The van der Waals surface area contributed by atoms with Crippen molar-refractivity contribution in [3.8, 4) is 0 Å². The Morgan fingerprint density at radius 2 is 2.08 bits per heavy atom. The Labute approximate surface area is 83.5 Å². The molecule has 2 fully saturated rings. The van der Waals surface area contributed by atoms with Crippen LogP contribution in [-0.4, -0.2) is 32.1 Å². The van der Waals surface area contributed by atoms with Crippen molar-refractivity contribution in [2.24, 2.45) is 5.92 Å². The van der Waals surface area contributed by atoms with Crippen molar-refractivity contribution in [3.63, 3.8) is 0 Å². The molecule has 2 rings (SSSR count). The highest BCUT2D eigenvalue weighted by Gasteiger charge is 2.36. The molecule has 0 aromatic rings. The fourth-order valence-electron chi connectivity index (χ4n) is 3.21. The monoisotopic (exact) mass is 197 g/mol. The normalized spacial score (nSPS) is 35.3. The largest absolute Gasteiger partial charge is 0.300 e. The molecule has 0 saturated carbocycles. The van der Waals surface area contributed by atoms with Crippen LogP contribution < -0.4 is 0 Å². The van der Waals surface area contributed by atoms with Crippen molar-refractivity contribution in [3.05, 3.63) is 0 Å². The number of rotatable bonds is 2. The zero-order valence-corrected chi connectivity index (χ0v) is 10.3. The number of hydrogen-bond acceptors (Lipinski definition) is 1. The first kappa shape index (κ1) is 9.72. The summed E-state index contributed by atoms with van der Waals surface area (Å²) in [5.41, 5.74) is 0. The first-order valence-corrected chi connectivity index (χ1v) is 9.49. The molecule has 0 amide bonds. The second kappa shape index (κ2) is 3.39. The van der Waals surface area contributed by atoms with Gasteiger partial charge in [-0.3, -0.25) is 0 Å². The molecule has 2 aliphatic rings. The standard InChI is InChI=1S/C11H23NSi/c1-13(2,3)9-10-7-11-5-4-6-12(11)8-10/h10-11H,4-9H2,1-3H3/t10-,11+/m0/s1. The Hall–Kier alpha value is 0.177. The second-order valence-electron chi connectivity index (χ2n) is 6.16. The molecule has 0 N–H and O–H groups in total. The first-order chi connectivity index (χ1) is 6.04. The van der Waals surface area contributed by atoms with Crippen LogP contribution >= 0.6 is 0 Å². The van der Waals surface area contributed by atoms with Gasteiger partial charge in [-0.25, -0.2) is 0 Å². The van der Waals surface area contributed by atoms with Crippen LogP contribution in [0, 0.1) is 5.92 Å². The van der Waals surface area contributed by atoms with Crippen LogP contribution in [0.15, 0.2) is 0 Å². The predicted molar refractivity (Wildman–Crippen MR) is 60.9 cm³/mol. The third-order valence-corrected chi connectivity index (χ3v) is 5.30. The minimum atomic E-state index is -0.797. The maximum atomic E-state index is 2.74. The van der Waals surface area contributed by atoms with Crippen LogP contribution in [-0.2, 0) is 0 Å². The highest BCUT2D eigenvalue weighted by Crippen LogP contribution is 2.35. The van der Waals surface area contributed by atoms with Crippen molar-refractivity contribution in [2.45, 2.75) is 51.0 Å². The third kappa shape index (κ3) is 2.35. The maximum Gasteiger partial charge on any atom is 0.0445 e. The molecule has 2 heteroatoms. The van der Waals surface area contributed by atoms with Gasteiger partial charge >= 0.3 is 0 Å². The van der Waals surface area contributed by atoms with Gasteiger partial charge in [-0.05, 0) is 31.7 Å². The Kier molecular flexibility index (Phi) is 2.54. The van der Waals surface area contributed by atoms with E-state index in [9.17, 15) is 0 Å². The minimum Gasteiger partial charge on any atom is -0.300 e. The molecule has 2 aliphatic heterocycles. The molecule has 0 bridgehead atoms. The molecule has 13 heavy (non-hydrogen) atoms. The van der Waals surface area contributed by atoms with Crippen LogP contribution in [0.5, 0.6) is 0 Å². The van der Waals surface area contributed by atoms with E-state index >= 15 is 0 Å². The smallest absolute Gasteiger partial charge is 0.0445 e. The average Bonchev–Trinajstić information content (AvgIpc) is 2.40. The van der Waals surface area contributed by atoms with Gasteiger partial charge in [-0.15, -0.1) is 0 Å². The minimum absolute atomic E-state index is 0.797. The quantitative estimate of drug-likeness (QED) is 0.615. The molecular weight excluding hydrogens is 174 g/mol. The molecule has 2 saturated heterocycles. The zero-order chi connectivity index (χ0) is 9.47. The molecular formula is C11H23NSi. The van der Waals surface area contributed by atoms with Crippen molar-refractivity contribution in [1.29, 1.82) is 0 Å². The molecule has 0 unspecified atom stereocenters. The summed E-state index contributed by atoms with van der Waals surface area (Å²) >= 11 is 0. The summed E-state index contributed by atoms with van der Waals surface area (Å²) in [6, 6.07) is 2.54. The fourth-order valence-corrected chi connectivity index (χ4v) is 5.24. The van der Waals surface area contributed by atoms with Crippen LogP contribution in [0.4, 0.5) is 0 Å². The van der Waals surface area contributed by atoms with Crippen LogP contribution in [0.25, 0.3) is 0 Å². The molecule has 0 radical (unpaired) electrons. The Morgan fingerprint density at radius 1 is 1.31 bits per heavy atom. The van der Waals surface area contributed by atoms with E-state index in [-0.39, 0.29) is 0 Å². The van der Waals surface area contributed by atoms with Crippen LogP contribution in [0.2, 0.25) is 25.7 Å². The molecule has 2 atom stereocenters. The van der Waals surface area contributed by atoms with Gasteiger partial charge in [-0.1, -0.05) is 25.7 Å². The molecule has 0 aliphatic carbocycles. The van der Waals surface area contributed by atoms with Crippen molar-refractivity contribution >= 4 is 8.07 Å². The van der Waals surface area contributed by atoms with Crippen molar-refractivity contribution in [1.82, 2.24) is 4.90 Å². The summed E-state index contributed by atoms with van der Waals surface area (Å²) in [5.74, 6) is 1.05. The topological polar surface area (TPSA) is 3.24 Å². The lowest BCUT2D eigenvalue weighted by molar-refractivity contribution is 0.319. The molecule has 0 spiro atoms. The maximum absolute atomic E-state index is 2.74. The second-order valence-corrected chi connectivity index (χ2v) is 11.7. The van der Waals surface area contributed by atoms with Gasteiger partial charge in [0.1, 0.15) is 0 Å². The summed E-state index contributed by atoms with van der Waals surface area (Å²) in [4.78, 5) is 2.74. The van der Waals surface area contributed by atoms with E-state index in [0.29, 0.717) is 0 Å². The van der Waals surface area contributed by atoms with Gasteiger partial charge in [0.15, 0.2) is 0 Å². The average molecular weight is 197 g/mol. The van der Waals surface area contributed by atoms with Gasteiger partial charge in [0, 0.05) is 20.7 Å². The van der Waals surface area contributed by atoms with E-state index in [0.717, 1.165) is 12.0 Å². The van der Waals surface area contributed by atoms with Gasteiger partial charge in [0.05, 0.1) is 0 Å². The number of nitrogens with zero attached hydrogens (tertiary/aromatic N) is 1. The van der Waals surface area contributed by atoms with E-state index < -0.39 is 8.07 Å². The highest BCUT2D eigenvalue weighted by molar-refractivity contribution is 6.76. The van der Waals surface area contributed by atoms with E-state index in [2.05, 4.69) is 24.5 Å². The zero-order valence-electron chi connectivity index (χ0n) is 9.34. The van der Waals surface area contributed by atoms with Gasteiger partial charge < -0.3 is 4.90 Å². The Balaban J connectivity index is 1.85. The molecule has 1 nitrogen and oxygen atoms in total. The van der Waals surface area contributed by atoms with Crippen LogP contribution in [0.3, 0.4) is 0 Å². The molecule has 2 heterocycles. The lowest BCUT2D eigenvalue weighted by Crippen LogP contribution is -2.26.